The molecule has 3 nitrogen and oxygen atoms in total. The molecular formula is C25H26ClFN2O. The number of rotatable bonds is 5. The standard InChI is InChI=1S/C25H25FN2O.ClH/c1-16-18(3)27-23-17(2)19(4)28(14-20-8-6-5-7-9-20)24(23)25(16)29-15-21-10-12-22(26)13-11-21;/h5-13H,14-15H2,1-4H3;1H. The van der Waals surface area contributed by atoms with Crippen LogP contribution in [0.15, 0.2) is 54.6 Å². The van der Waals surface area contributed by atoms with Crippen LogP contribution in [-0.2, 0) is 13.2 Å². The summed E-state index contributed by atoms with van der Waals surface area (Å²) in [6.45, 7) is 9.45. The first-order valence-electron chi connectivity index (χ1n) is 9.83. The minimum atomic E-state index is -0.241. The summed E-state index contributed by atoms with van der Waals surface area (Å²) in [5, 5.41) is 0. The van der Waals surface area contributed by atoms with Crippen LogP contribution in [0.5, 0.6) is 5.75 Å². The molecule has 0 aliphatic heterocycles. The van der Waals surface area contributed by atoms with Crippen molar-refractivity contribution in [3.8, 4) is 5.75 Å². The third-order valence-corrected chi connectivity index (χ3v) is 5.65. The number of pyridine rings is 1. The minimum absolute atomic E-state index is 0. The van der Waals surface area contributed by atoms with Crippen LogP contribution < -0.4 is 4.74 Å². The Morgan fingerprint density at radius 1 is 0.867 bits per heavy atom. The van der Waals surface area contributed by atoms with Gasteiger partial charge < -0.3 is 9.30 Å². The molecule has 4 rings (SSSR count). The molecule has 0 saturated carbocycles. The topological polar surface area (TPSA) is 27.1 Å². The first kappa shape index (κ1) is 21.8. The van der Waals surface area contributed by atoms with Gasteiger partial charge in [0.15, 0.2) is 0 Å². The lowest BCUT2D eigenvalue weighted by molar-refractivity contribution is 0.306. The van der Waals surface area contributed by atoms with E-state index in [1.54, 1.807) is 12.1 Å². The fourth-order valence-electron chi connectivity index (χ4n) is 3.68. The van der Waals surface area contributed by atoms with Crippen molar-refractivity contribution in [1.82, 2.24) is 9.55 Å². The molecule has 5 heteroatoms. The van der Waals surface area contributed by atoms with E-state index in [2.05, 4.69) is 42.7 Å². The first-order valence-corrected chi connectivity index (χ1v) is 9.83. The van der Waals surface area contributed by atoms with Crippen LogP contribution >= 0.6 is 12.4 Å². The highest BCUT2D eigenvalue weighted by atomic mass is 35.5. The molecule has 0 radical (unpaired) electrons. The van der Waals surface area contributed by atoms with Gasteiger partial charge in [0.2, 0.25) is 0 Å². The van der Waals surface area contributed by atoms with E-state index in [0.29, 0.717) is 6.61 Å². The minimum Gasteiger partial charge on any atom is -0.486 e. The van der Waals surface area contributed by atoms with Gasteiger partial charge in [-0.15, -0.1) is 12.4 Å². The SMILES string of the molecule is Cc1nc2c(C)c(C)n(Cc3ccccc3)c2c(OCc2ccc(F)cc2)c1C.Cl. The highest BCUT2D eigenvalue weighted by molar-refractivity contribution is 5.88. The predicted octanol–water partition coefficient (Wildman–Crippen LogP) is 6.46. The predicted molar refractivity (Wildman–Crippen MR) is 122 cm³/mol. The van der Waals surface area contributed by atoms with Crippen LogP contribution in [0, 0.1) is 33.5 Å². The number of halogens is 2. The van der Waals surface area contributed by atoms with E-state index in [1.165, 1.54) is 29.0 Å². The summed E-state index contributed by atoms with van der Waals surface area (Å²) in [6.07, 6.45) is 0. The molecule has 0 saturated heterocycles. The van der Waals surface area contributed by atoms with Crippen molar-refractivity contribution in [2.75, 3.05) is 0 Å². The Labute approximate surface area is 182 Å². The van der Waals surface area contributed by atoms with Crippen molar-refractivity contribution in [2.45, 2.75) is 40.8 Å². The van der Waals surface area contributed by atoms with Gasteiger partial charge in [0.05, 0.1) is 5.52 Å². The van der Waals surface area contributed by atoms with Gasteiger partial charge in [0.25, 0.3) is 0 Å². The maximum absolute atomic E-state index is 13.2. The van der Waals surface area contributed by atoms with E-state index in [4.69, 9.17) is 9.72 Å². The summed E-state index contributed by atoms with van der Waals surface area (Å²) in [5.41, 5.74) is 8.53. The average Bonchev–Trinajstić information content (AvgIpc) is 2.95. The van der Waals surface area contributed by atoms with Crippen LogP contribution in [0.4, 0.5) is 4.39 Å². The van der Waals surface area contributed by atoms with Gasteiger partial charge in [-0.1, -0.05) is 42.5 Å². The lowest BCUT2D eigenvalue weighted by atomic mass is 10.1. The number of nitrogens with zero attached hydrogens (tertiary/aromatic N) is 2. The molecule has 156 valence electrons. The molecule has 0 aliphatic carbocycles. The molecule has 2 aromatic carbocycles. The van der Waals surface area contributed by atoms with Crippen molar-refractivity contribution in [3.05, 3.63) is 94.1 Å². The van der Waals surface area contributed by atoms with E-state index in [-0.39, 0.29) is 18.2 Å². The first-order chi connectivity index (χ1) is 14.0. The number of aromatic nitrogens is 2. The van der Waals surface area contributed by atoms with Gasteiger partial charge in [0, 0.05) is 23.5 Å². The lowest BCUT2D eigenvalue weighted by Gasteiger charge is -2.16. The molecule has 30 heavy (non-hydrogen) atoms. The number of aryl methyl sites for hydroxylation is 2. The molecule has 0 unspecified atom stereocenters. The quantitative estimate of drug-likeness (QED) is 0.367. The molecule has 2 aromatic heterocycles. The van der Waals surface area contributed by atoms with Crippen LogP contribution in [0.25, 0.3) is 11.0 Å². The summed E-state index contributed by atoms with van der Waals surface area (Å²) < 4.78 is 21.8. The Balaban J connectivity index is 0.00000256. The number of benzene rings is 2. The third kappa shape index (κ3) is 4.05. The zero-order chi connectivity index (χ0) is 20.5. The zero-order valence-electron chi connectivity index (χ0n) is 17.7. The number of hydrogen-bond donors (Lipinski definition) is 0. The van der Waals surface area contributed by atoms with Crippen molar-refractivity contribution in [2.24, 2.45) is 0 Å². The summed E-state index contributed by atoms with van der Waals surface area (Å²) in [7, 11) is 0. The second kappa shape index (κ2) is 8.88. The van der Waals surface area contributed by atoms with Crippen molar-refractivity contribution >= 4 is 23.4 Å². The Kier molecular flexibility index (Phi) is 6.47. The summed E-state index contributed by atoms with van der Waals surface area (Å²) in [6, 6.07) is 16.9. The second-order valence-electron chi connectivity index (χ2n) is 7.55. The van der Waals surface area contributed by atoms with Crippen LogP contribution in [0.1, 0.15) is 33.6 Å². The molecule has 0 spiro atoms. The largest absolute Gasteiger partial charge is 0.486 e. The number of fused-ring (bicyclic) bond motifs is 1. The second-order valence-corrected chi connectivity index (χ2v) is 7.55. The van der Waals surface area contributed by atoms with Gasteiger partial charge in [-0.25, -0.2) is 4.39 Å². The van der Waals surface area contributed by atoms with E-state index in [0.717, 1.165) is 40.1 Å². The summed E-state index contributed by atoms with van der Waals surface area (Å²) in [5.74, 6) is 0.610. The molecule has 4 aromatic rings. The molecule has 0 N–H and O–H groups in total. The average molecular weight is 425 g/mol. The molecule has 0 aliphatic rings. The summed E-state index contributed by atoms with van der Waals surface area (Å²) >= 11 is 0. The molecule has 2 heterocycles. The maximum Gasteiger partial charge on any atom is 0.150 e. The smallest absolute Gasteiger partial charge is 0.150 e. The Bertz CT molecular complexity index is 1170. The Morgan fingerprint density at radius 2 is 1.53 bits per heavy atom. The summed E-state index contributed by atoms with van der Waals surface area (Å²) in [4.78, 5) is 4.87. The number of ether oxygens (including phenoxy) is 1. The van der Waals surface area contributed by atoms with Gasteiger partial charge >= 0.3 is 0 Å². The van der Waals surface area contributed by atoms with Crippen LogP contribution in [0.2, 0.25) is 0 Å². The van der Waals surface area contributed by atoms with Gasteiger partial charge in [0.1, 0.15) is 23.7 Å². The monoisotopic (exact) mass is 424 g/mol. The van der Waals surface area contributed by atoms with Crippen molar-refractivity contribution in [3.63, 3.8) is 0 Å². The highest BCUT2D eigenvalue weighted by Crippen LogP contribution is 2.36. The van der Waals surface area contributed by atoms with Gasteiger partial charge in [-0.3, -0.25) is 4.98 Å². The van der Waals surface area contributed by atoms with Crippen LogP contribution in [-0.4, -0.2) is 9.55 Å². The van der Waals surface area contributed by atoms with E-state index in [9.17, 15) is 4.39 Å². The van der Waals surface area contributed by atoms with Crippen molar-refractivity contribution < 1.29 is 9.13 Å². The number of hydrogen-bond acceptors (Lipinski definition) is 2. The molecule has 0 fully saturated rings. The maximum atomic E-state index is 13.2. The molecule has 0 bridgehead atoms. The Morgan fingerprint density at radius 3 is 2.20 bits per heavy atom. The van der Waals surface area contributed by atoms with E-state index < -0.39 is 0 Å². The molecular weight excluding hydrogens is 399 g/mol. The zero-order valence-corrected chi connectivity index (χ0v) is 18.5. The molecule has 0 atom stereocenters. The fourth-order valence-corrected chi connectivity index (χ4v) is 3.68. The van der Waals surface area contributed by atoms with Gasteiger partial charge in [-0.05, 0) is 56.5 Å². The highest BCUT2D eigenvalue weighted by Gasteiger charge is 2.20. The Hall–Kier alpha value is -2.85. The van der Waals surface area contributed by atoms with Crippen molar-refractivity contribution in [1.29, 1.82) is 0 Å². The van der Waals surface area contributed by atoms with E-state index in [1.807, 2.05) is 19.9 Å². The molecule has 0 amide bonds. The fraction of sp³-hybridized carbons (Fsp3) is 0.240. The van der Waals surface area contributed by atoms with E-state index >= 15 is 0 Å². The normalized spacial score (nSPS) is 10.8. The lowest BCUT2D eigenvalue weighted by Crippen LogP contribution is -2.06. The van der Waals surface area contributed by atoms with Gasteiger partial charge in [-0.2, -0.15) is 0 Å². The third-order valence-electron chi connectivity index (χ3n) is 5.65. The van der Waals surface area contributed by atoms with Crippen LogP contribution in [0.3, 0.4) is 0 Å².